The molecule has 1 aliphatic heterocycles. The molecule has 3 aromatic carbocycles. The summed E-state index contributed by atoms with van der Waals surface area (Å²) >= 11 is 0. The Bertz CT molecular complexity index is 2140. The number of esters is 1. The molecule has 47 heavy (non-hydrogen) atoms. The number of ether oxygens (including phenoxy) is 3. The van der Waals surface area contributed by atoms with E-state index < -0.39 is 38.3 Å². The summed E-state index contributed by atoms with van der Waals surface area (Å²) < 4.78 is 80.1. The molecule has 0 spiro atoms. The summed E-state index contributed by atoms with van der Waals surface area (Å²) in [6.07, 6.45) is 5.60. The van der Waals surface area contributed by atoms with Crippen LogP contribution in [-0.2, 0) is 31.1 Å². The van der Waals surface area contributed by atoms with E-state index in [1.54, 1.807) is 13.1 Å². The van der Waals surface area contributed by atoms with Crippen molar-refractivity contribution in [3.05, 3.63) is 89.1 Å². The Hall–Kier alpha value is -4.78. The van der Waals surface area contributed by atoms with E-state index >= 15 is 13.2 Å². The third kappa shape index (κ3) is 5.73. The van der Waals surface area contributed by atoms with Crippen molar-refractivity contribution >= 4 is 26.6 Å². The van der Waals surface area contributed by atoms with Crippen LogP contribution in [0.5, 0.6) is 17.2 Å². The van der Waals surface area contributed by atoms with E-state index in [1.807, 2.05) is 25.1 Å². The van der Waals surface area contributed by atoms with E-state index in [1.165, 1.54) is 37.7 Å². The fourth-order valence-electron chi connectivity index (χ4n) is 5.96. The number of hydrogen-bond donors (Lipinski definition) is 2. The lowest BCUT2D eigenvalue weighted by Gasteiger charge is -2.36. The smallest absolute Gasteiger partial charge is 0.306 e. The van der Waals surface area contributed by atoms with Gasteiger partial charge in [-0.2, -0.15) is 4.39 Å². The van der Waals surface area contributed by atoms with Crippen LogP contribution in [0.4, 0.5) is 13.2 Å². The third-order valence-electron chi connectivity index (χ3n) is 8.56. The summed E-state index contributed by atoms with van der Waals surface area (Å²) in [4.78, 5) is 22.2. The molecule has 0 radical (unpaired) electrons. The van der Waals surface area contributed by atoms with Crippen LogP contribution in [0.3, 0.4) is 0 Å². The topological polar surface area (TPSA) is 119 Å². The van der Waals surface area contributed by atoms with Crippen LogP contribution in [0.2, 0.25) is 0 Å². The van der Waals surface area contributed by atoms with Gasteiger partial charge in [-0.1, -0.05) is 18.2 Å². The quantitative estimate of drug-likeness (QED) is 0.158. The summed E-state index contributed by atoms with van der Waals surface area (Å²) in [6.45, 7) is 4.52. The minimum atomic E-state index is -3.21. The van der Waals surface area contributed by atoms with E-state index in [0.717, 1.165) is 17.2 Å². The van der Waals surface area contributed by atoms with Crippen molar-refractivity contribution in [1.82, 2.24) is 15.0 Å². The lowest BCUT2D eigenvalue weighted by molar-refractivity contribution is -0.143. The zero-order chi connectivity index (χ0) is 33.5. The molecule has 0 fully saturated rings. The summed E-state index contributed by atoms with van der Waals surface area (Å²) in [6, 6.07) is 11.0. The highest BCUT2D eigenvalue weighted by atomic mass is 32.2. The van der Waals surface area contributed by atoms with Gasteiger partial charge in [-0.15, -0.1) is 0 Å². The van der Waals surface area contributed by atoms with Crippen molar-refractivity contribution in [1.29, 1.82) is 0 Å². The van der Waals surface area contributed by atoms with Crippen LogP contribution in [0, 0.1) is 17.5 Å². The Kier molecular flexibility index (Phi) is 8.51. The molecule has 2 aromatic heterocycles. The largest absolute Gasteiger partial charge is 0.493 e. The molecular formula is C34H33F3N4O5S. The van der Waals surface area contributed by atoms with E-state index in [2.05, 4.69) is 19.3 Å². The number of aryl methyl sites for hydroxylation is 1. The first-order valence-electron chi connectivity index (χ1n) is 15.0. The molecular weight excluding hydrogens is 633 g/mol. The molecule has 0 bridgehead atoms. The highest BCUT2D eigenvalue weighted by Crippen LogP contribution is 2.45. The fourth-order valence-corrected chi connectivity index (χ4v) is 7.20. The van der Waals surface area contributed by atoms with E-state index in [9.17, 15) is 9.00 Å². The van der Waals surface area contributed by atoms with Gasteiger partial charge in [0.15, 0.2) is 11.6 Å². The van der Waals surface area contributed by atoms with Crippen LogP contribution < -0.4 is 9.47 Å². The van der Waals surface area contributed by atoms with Gasteiger partial charge in [0.25, 0.3) is 0 Å². The van der Waals surface area contributed by atoms with Gasteiger partial charge in [0.05, 0.1) is 34.0 Å². The first kappa shape index (κ1) is 32.2. The van der Waals surface area contributed by atoms with Gasteiger partial charge >= 0.3 is 5.97 Å². The molecule has 0 saturated carbocycles. The highest BCUT2D eigenvalue weighted by Gasteiger charge is 2.38. The molecule has 0 aliphatic carbocycles. The van der Waals surface area contributed by atoms with Gasteiger partial charge in [-0.3, -0.25) is 4.79 Å². The van der Waals surface area contributed by atoms with Gasteiger partial charge < -0.3 is 24.2 Å². The highest BCUT2D eigenvalue weighted by molar-refractivity contribution is 7.93. The number of H-pyrrole nitrogens is 2. The second kappa shape index (κ2) is 12.4. The van der Waals surface area contributed by atoms with Gasteiger partial charge in [-0.05, 0) is 56.5 Å². The molecule has 2 atom stereocenters. The number of carbonyl (C=O) groups excluding carboxylic acids is 1. The molecule has 2 N–H and O–H groups in total. The van der Waals surface area contributed by atoms with Gasteiger partial charge in [0.2, 0.25) is 5.82 Å². The molecule has 5 aromatic rings. The Morgan fingerprint density at radius 1 is 1.17 bits per heavy atom. The molecule has 1 aliphatic rings. The Balaban J connectivity index is 1.35. The molecule has 6 rings (SSSR count). The second-order valence-corrected chi connectivity index (χ2v) is 13.8. The Morgan fingerprint density at radius 2 is 1.98 bits per heavy atom. The lowest BCUT2D eigenvalue weighted by atomic mass is 9.74. The summed E-state index contributed by atoms with van der Waals surface area (Å²) in [5.41, 5.74) is 1.75. The molecule has 13 heteroatoms. The fraction of sp³-hybridized carbons (Fsp3) is 0.294. The zero-order valence-electron chi connectivity index (χ0n) is 26.2. The number of para-hydroxylation sites is 1. The number of fused-ring (bicyclic) bond motifs is 2. The normalized spacial score (nSPS) is 17.1. The van der Waals surface area contributed by atoms with Crippen LogP contribution >= 0.6 is 0 Å². The second-order valence-electron chi connectivity index (χ2n) is 11.5. The molecule has 0 amide bonds. The SMILES string of the molecule is CCOC(=O)CCc1cccc2c1OCCC2(C)c1cnc(-c2cc(Oc3c(F)c(F)c4[nH]ccc4c3S(C)(=O)=NC)ccc2F)[nH]1. The average molecular weight is 667 g/mol. The first-order valence-corrected chi connectivity index (χ1v) is 16.9. The number of aromatic amines is 2. The van der Waals surface area contributed by atoms with Crippen molar-refractivity contribution in [3.63, 3.8) is 0 Å². The van der Waals surface area contributed by atoms with Gasteiger partial charge in [0.1, 0.15) is 28.0 Å². The van der Waals surface area contributed by atoms with Crippen molar-refractivity contribution in [3.8, 4) is 28.6 Å². The number of hydrogen-bond acceptors (Lipinski definition) is 7. The van der Waals surface area contributed by atoms with Crippen molar-refractivity contribution < 1.29 is 36.4 Å². The zero-order valence-corrected chi connectivity index (χ0v) is 27.0. The maximum Gasteiger partial charge on any atom is 0.306 e. The van der Waals surface area contributed by atoms with Crippen LogP contribution in [0.25, 0.3) is 22.3 Å². The maximum atomic E-state index is 15.4. The number of aromatic nitrogens is 3. The summed E-state index contributed by atoms with van der Waals surface area (Å²) in [5.74, 6) is -3.23. The molecule has 9 nitrogen and oxygen atoms in total. The van der Waals surface area contributed by atoms with Gasteiger partial charge in [0, 0.05) is 54.2 Å². The molecule has 246 valence electrons. The standard InChI is InChI=1S/C34H33F3N4O5S/c1-5-44-26(42)12-9-19-7-6-8-23-30(19)45-16-14-34(23,2)25-18-40-33(41-25)22-17-20(10-11-24(22)35)46-31-28(37)27(36)29-21(13-15-39-29)32(31)47(4,43)38-3/h6-8,10-11,13,15,17-18,39H,5,9,12,14,16H2,1-4H3,(H,40,41). The first-order chi connectivity index (χ1) is 22.5. The number of halogens is 3. The predicted octanol–water partition coefficient (Wildman–Crippen LogP) is 7.44. The van der Waals surface area contributed by atoms with Gasteiger partial charge in [-0.25, -0.2) is 22.3 Å². The Labute approximate surface area is 269 Å². The number of carbonyl (C=O) groups is 1. The van der Waals surface area contributed by atoms with Crippen molar-refractivity contribution in [2.45, 2.75) is 43.4 Å². The van der Waals surface area contributed by atoms with E-state index in [-0.39, 0.29) is 45.3 Å². The van der Waals surface area contributed by atoms with Crippen molar-refractivity contribution in [2.24, 2.45) is 4.36 Å². The van der Waals surface area contributed by atoms with E-state index in [4.69, 9.17) is 14.2 Å². The van der Waals surface area contributed by atoms with E-state index in [0.29, 0.717) is 37.5 Å². The Morgan fingerprint density at radius 3 is 2.74 bits per heavy atom. The minimum Gasteiger partial charge on any atom is -0.493 e. The minimum absolute atomic E-state index is 0.0235. The van der Waals surface area contributed by atoms with Crippen LogP contribution in [0.15, 0.2) is 64.1 Å². The number of rotatable bonds is 9. The average Bonchev–Trinajstić information content (AvgIpc) is 3.75. The summed E-state index contributed by atoms with van der Waals surface area (Å²) in [7, 11) is -1.89. The van der Waals surface area contributed by atoms with Crippen LogP contribution in [-0.4, -0.2) is 51.6 Å². The molecule has 3 heterocycles. The summed E-state index contributed by atoms with van der Waals surface area (Å²) in [5, 5.41) is 0.157. The number of nitrogens with one attached hydrogen (secondary N) is 2. The maximum absolute atomic E-state index is 15.4. The molecule has 2 unspecified atom stereocenters. The predicted molar refractivity (Wildman–Crippen MR) is 171 cm³/mol. The third-order valence-corrected chi connectivity index (χ3v) is 10.4. The number of nitrogens with zero attached hydrogens (tertiary/aromatic N) is 2. The number of benzene rings is 3. The number of imidazole rings is 1. The monoisotopic (exact) mass is 666 g/mol. The van der Waals surface area contributed by atoms with Crippen molar-refractivity contribution in [2.75, 3.05) is 26.5 Å². The van der Waals surface area contributed by atoms with Crippen LogP contribution in [0.1, 0.15) is 43.5 Å². The molecule has 0 saturated heterocycles. The lowest BCUT2D eigenvalue weighted by Crippen LogP contribution is -2.32.